The van der Waals surface area contributed by atoms with Crippen LogP contribution < -0.4 is 10.4 Å². The van der Waals surface area contributed by atoms with Gasteiger partial charge in [-0.05, 0) is 36.4 Å². The second kappa shape index (κ2) is 4.85. The quantitative estimate of drug-likeness (QED) is 0.724. The van der Waals surface area contributed by atoms with E-state index in [1.54, 1.807) is 15.6 Å². The highest BCUT2D eigenvalue weighted by atomic mass is 79.9. The molecule has 0 radical (unpaired) electrons. The van der Waals surface area contributed by atoms with Gasteiger partial charge in [0.1, 0.15) is 5.69 Å². The maximum Gasteiger partial charge on any atom is 0.449 e. The summed E-state index contributed by atoms with van der Waals surface area (Å²) in [5.41, 5.74) is 1.56. The molecular formula is C14H11BrN3O+. The number of para-hydroxylation sites is 1. The van der Waals surface area contributed by atoms with Crippen molar-refractivity contribution in [3.05, 3.63) is 75.9 Å². The Morgan fingerprint density at radius 2 is 1.68 bits per heavy atom. The standard InChI is InChI=1S/C14H10BrN3O/c15-11-6-8-13(9-7-11)18-10-17(14(19)16-18)12-4-2-1-3-5-12/h1-10H/p+1. The van der Waals surface area contributed by atoms with Crippen molar-refractivity contribution in [2.45, 2.75) is 0 Å². The van der Waals surface area contributed by atoms with Crippen LogP contribution in [0.1, 0.15) is 0 Å². The first-order chi connectivity index (χ1) is 9.24. The number of halogens is 1. The van der Waals surface area contributed by atoms with Gasteiger partial charge in [-0.15, -0.1) is 14.3 Å². The molecule has 3 rings (SSSR count). The van der Waals surface area contributed by atoms with Gasteiger partial charge in [0.15, 0.2) is 5.69 Å². The normalized spacial score (nSPS) is 10.6. The molecule has 5 heteroatoms. The second-order valence-corrected chi connectivity index (χ2v) is 5.00. The van der Waals surface area contributed by atoms with Crippen LogP contribution in [0.15, 0.2) is 70.2 Å². The molecule has 0 fully saturated rings. The minimum absolute atomic E-state index is 0.172. The topological polar surface area (TPSA) is 41.7 Å². The Hall–Kier alpha value is -2.14. The Morgan fingerprint density at radius 3 is 2.37 bits per heavy atom. The third-order valence-corrected chi connectivity index (χ3v) is 3.33. The first-order valence-electron chi connectivity index (χ1n) is 5.79. The van der Waals surface area contributed by atoms with Crippen molar-refractivity contribution in [1.82, 2.24) is 9.67 Å². The van der Waals surface area contributed by atoms with E-state index in [4.69, 9.17) is 0 Å². The molecule has 94 valence electrons. The minimum Gasteiger partial charge on any atom is -0.216 e. The number of aromatic nitrogens is 3. The average molecular weight is 317 g/mol. The van der Waals surface area contributed by atoms with Gasteiger partial charge in [-0.2, -0.15) is 0 Å². The summed E-state index contributed by atoms with van der Waals surface area (Å²) in [5.74, 6) is 0. The first-order valence-corrected chi connectivity index (χ1v) is 6.58. The number of rotatable bonds is 2. The maximum absolute atomic E-state index is 12.0. The highest BCUT2D eigenvalue weighted by Gasteiger charge is 2.13. The van der Waals surface area contributed by atoms with E-state index in [9.17, 15) is 4.79 Å². The van der Waals surface area contributed by atoms with Gasteiger partial charge in [-0.25, -0.2) is 4.79 Å². The van der Waals surface area contributed by atoms with Gasteiger partial charge in [-0.3, -0.25) is 0 Å². The van der Waals surface area contributed by atoms with Crippen LogP contribution >= 0.6 is 15.9 Å². The fourth-order valence-electron chi connectivity index (χ4n) is 1.86. The van der Waals surface area contributed by atoms with Crippen molar-refractivity contribution < 1.29 is 4.68 Å². The van der Waals surface area contributed by atoms with Gasteiger partial charge in [0.25, 0.3) is 6.33 Å². The number of benzene rings is 2. The Kier molecular flexibility index (Phi) is 3.05. The molecule has 1 N–H and O–H groups in total. The molecule has 3 aromatic rings. The highest BCUT2D eigenvalue weighted by Crippen LogP contribution is 2.10. The summed E-state index contributed by atoms with van der Waals surface area (Å²) in [6.45, 7) is 0. The summed E-state index contributed by atoms with van der Waals surface area (Å²) in [6.07, 6.45) is 1.74. The van der Waals surface area contributed by atoms with E-state index in [1.807, 2.05) is 54.6 Å². The van der Waals surface area contributed by atoms with Gasteiger partial charge in [0.2, 0.25) is 0 Å². The molecule has 2 aromatic carbocycles. The molecule has 0 atom stereocenters. The van der Waals surface area contributed by atoms with E-state index >= 15 is 0 Å². The van der Waals surface area contributed by atoms with Crippen LogP contribution in [0, 0.1) is 0 Å². The molecule has 19 heavy (non-hydrogen) atoms. The smallest absolute Gasteiger partial charge is 0.216 e. The summed E-state index contributed by atoms with van der Waals surface area (Å²) >= 11 is 3.39. The fourth-order valence-corrected chi connectivity index (χ4v) is 2.12. The van der Waals surface area contributed by atoms with Crippen molar-refractivity contribution in [1.29, 1.82) is 0 Å². The van der Waals surface area contributed by atoms with Crippen molar-refractivity contribution >= 4 is 15.9 Å². The van der Waals surface area contributed by atoms with Crippen LogP contribution in [-0.4, -0.2) is 9.67 Å². The largest absolute Gasteiger partial charge is 0.449 e. The summed E-state index contributed by atoms with van der Waals surface area (Å²) in [5, 5.41) is 2.79. The molecule has 0 aliphatic rings. The van der Waals surface area contributed by atoms with E-state index < -0.39 is 0 Å². The Balaban J connectivity index is 2.07. The predicted molar refractivity (Wildman–Crippen MR) is 75.6 cm³/mol. The van der Waals surface area contributed by atoms with Crippen LogP contribution in [0.25, 0.3) is 11.4 Å². The van der Waals surface area contributed by atoms with Crippen LogP contribution in [0.4, 0.5) is 0 Å². The highest BCUT2D eigenvalue weighted by molar-refractivity contribution is 9.10. The third kappa shape index (κ3) is 2.37. The zero-order chi connectivity index (χ0) is 13.2. The molecule has 0 amide bonds. The minimum atomic E-state index is -0.172. The van der Waals surface area contributed by atoms with E-state index in [0.29, 0.717) is 0 Å². The monoisotopic (exact) mass is 316 g/mol. The van der Waals surface area contributed by atoms with E-state index in [-0.39, 0.29) is 5.69 Å². The van der Waals surface area contributed by atoms with E-state index in [0.717, 1.165) is 15.8 Å². The van der Waals surface area contributed by atoms with Gasteiger partial charge in [0, 0.05) is 4.47 Å². The fraction of sp³-hybridized carbons (Fsp3) is 0. The van der Waals surface area contributed by atoms with Gasteiger partial charge < -0.3 is 0 Å². The van der Waals surface area contributed by atoms with E-state index in [1.165, 1.54) is 0 Å². The van der Waals surface area contributed by atoms with Crippen molar-refractivity contribution in [3.63, 3.8) is 0 Å². The van der Waals surface area contributed by atoms with Crippen LogP contribution in [-0.2, 0) is 0 Å². The number of hydrogen-bond acceptors (Lipinski definition) is 1. The summed E-state index contributed by atoms with van der Waals surface area (Å²) in [7, 11) is 0. The maximum atomic E-state index is 12.0. The van der Waals surface area contributed by atoms with Crippen LogP contribution in [0.2, 0.25) is 0 Å². The third-order valence-electron chi connectivity index (χ3n) is 2.80. The lowest BCUT2D eigenvalue weighted by molar-refractivity contribution is -0.658. The summed E-state index contributed by atoms with van der Waals surface area (Å²) < 4.78 is 4.27. The SMILES string of the molecule is O=c1[nH][n+](-c2ccc(Br)cc2)cn1-c1ccccc1. The van der Waals surface area contributed by atoms with Gasteiger partial charge in [0.05, 0.1) is 0 Å². The zero-order valence-electron chi connectivity index (χ0n) is 9.95. The molecule has 0 saturated carbocycles. The molecule has 1 aromatic heterocycles. The van der Waals surface area contributed by atoms with Gasteiger partial charge >= 0.3 is 5.69 Å². The van der Waals surface area contributed by atoms with Crippen molar-refractivity contribution in [3.8, 4) is 11.4 Å². The average Bonchev–Trinajstić information content (AvgIpc) is 2.83. The number of nitrogens with one attached hydrogen (secondary N) is 1. The molecule has 0 bridgehead atoms. The molecule has 1 heterocycles. The van der Waals surface area contributed by atoms with Crippen molar-refractivity contribution in [2.75, 3.05) is 0 Å². The molecular weight excluding hydrogens is 306 g/mol. The van der Waals surface area contributed by atoms with Gasteiger partial charge in [-0.1, -0.05) is 34.1 Å². The molecule has 0 aliphatic carbocycles. The van der Waals surface area contributed by atoms with Crippen molar-refractivity contribution in [2.24, 2.45) is 0 Å². The number of hydrogen-bond donors (Lipinski definition) is 1. The number of H-pyrrole nitrogens is 1. The summed E-state index contributed by atoms with van der Waals surface area (Å²) in [4.78, 5) is 12.0. The lowest BCUT2D eigenvalue weighted by Gasteiger charge is -1.94. The Morgan fingerprint density at radius 1 is 1.00 bits per heavy atom. The lowest BCUT2D eigenvalue weighted by Crippen LogP contribution is -2.33. The molecule has 0 saturated heterocycles. The number of nitrogens with zero attached hydrogens (tertiary/aromatic N) is 2. The Labute approximate surface area is 118 Å². The predicted octanol–water partition coefficient (Wildman–Crippen LogP) is 2.20. The lowest BCUT2D eigenvalue weighted by atomic mass is 10.3. The summed E-state index contributed by atoms with van der Waals surface area (Å²) in [6, 6.07) is 17.2. The zero-order valence-corrected chi connectivity index (χ0v) is 11.5. The molecule has 4 nitrogen and oxygen atoms in total. The number of aromatic amines is 1. The second-order valence-electron chi connectivity index (χ2n) is 4.08. The molecule has 0 unspecified atom stereocenters. The van der Waals surface area contributed by atoms with Crippen LogP contribution in [0.3, 0.4) is 0 Å². The molecule has 0 spiro atoms. The van der Waals surface area contributed by atoms with E-state index in [2.05, 4.69) is 21.0 Å². The molecule has 0 aliphatic heterocycles. The first kappa shape index (κ1) is 11.9. The Bertz CT molecular complexity index is 744. The van der Waals surface area contributed by atoms with Crippen LogP contribution in [0.5, 0.6) is 0 Å².